The van der Waals surface area contributed by atoms with Crippen molar-refractivity contribution in [2.24, 2.45) is 17.0 Å². The zero-order valence-electron chi connectivity index (χ0n) is 9.41. The number of carbonyl (C=O) groups is 1. The summed E-state index contributed by atoms with van der Waals surface area (Å²) in [4.78, 5) is 16.7. The first-order valence-electron chi connectivity index (χ1n) is 5.26. The van der Waals surface area contributed by atoms with E-state index in [2.05, 4.69) is 19.0 Å². The van der Waals surface area contributed by atoms with Crippen molar-refractivity contribution in [1.82, 2.24) is 0 Å². The van der Waals surface area contributed by atoms with Crippen LogP contribution in [0.2, 0.25) is 0 Å². The van der Waals surface area contributed by atoms with Gasteiger partial charge in [-0.15, -0.1) is 0 Å². The van der Waals surface area contributed by atoms with Crippen LogP contribution in [0.3, 0.4) is 0 Å². The lowest BCUT2D eigenvalue weighted by atomic mass is 9.97. The van der Waals surface area contributed by atoms with Crippen molar-refractivity contribution in [3.63, 3.8) is 0 Å². The van der Waals surface area contributed by atoms with E-state index < -0.39 is 0 Å². The normalized spacial score (nSPS) is 21.3. The lowest BCUT2D eigenvalue weighted by Crippen LogP contribution is -2.25. The van der Waals surface area contributed by atoms with Gasteiger partial charge in [-0.05, 0) is 12.3 Å². The predicted octanol–water partition coefficient (Wildman–Crippen LogP) is 2.40. The van der Waals surface area contributed by atoms with Gasteiger partial charge in [-0.1, -0.05) is 32.9 Å². The number of nitrogens with zero attached hydrogens (tertiary/aromatic N) is 1. The van der Waals surface area contributed by atoms with E-state index in [4.69, 9.17) is 4.84 Å². The van der Waals surface area contributed by atoms with Gasteiger partial charge in [0.05, 0.1) is 5.71 Å². The molecule has 3 heteroatoms. The quantitative estimate of drug-likeness (QED) is 0.694. The summed E-state index contributed by atoms with van der Waals surface area (Å²) in [6, 6.07) is 0. The highest BCUT2D eigenvalue weighted by atomic mass is 16.6. The molecule has 1 aliphatic rings. The van der Waals surface area contributed by atoms with Crippen LogP contribution < -0.4 is 0 Å². The van der Waals surface area contributed by atoms with Gasteiger partial charge in [-0.3, -0.25) is 4.79 Å². The fourth-order valence-electron chi connectivity index (χ4n) is 1.54. The van der Waals surface area contributed by atoms with Gasteiger partial charge >= 0.3 is 0 Å². The average Bonchev–Trinajstić information content (AvgIpc) is 2.50. The van der Waals surface area contributed by atoms with E-state index in [9.17, 15) is 4.79 Å². The predicted molar refractivity (Wildman–Crippen MR) is 56.2 cm³/mol. The van der Waals surface area contributed by atoms with Gasteiger partial charge < -0.3 is 4.84 Å². The Hall–Kier alpha value is -0.860. The van der Waals surface area contributed by atoms with Crippen LogP contribution in [0, 0.1) is 11.8 Å². The van der Waals surface area contributed by atoms with E-state index in [-0.39, 0.29) is 17.8 Å². The monoisotopic (exact) mass is 197 g/mol. The van der Waals surface area contributed by atoms with Crippen LogP contribution in [0.15, 0.2) is 5.16 Å². The Bertz CT molecular complexity index is 244. The fraction of sp³-hybridized carbons (Fsp3) is 0.818. The SMILES string of the molecule is CC(C)CC1=NOC(C(=O)C(C)C)C1. The Morgan fingerprint density at radius 1 is 1.50 bits per heavy atom. The number of carbonyl (C=O) groups excluding carboxylic acids is 1. The maximum absolute atomic E-state index is 11.6. The largest absolute Gasteiger partial charge is 0.384 e. The number of rotatable bonds is 4. The van der Waals surface area contributed by atoms with Gasteiger partial charge in [0.2, 0.25) is 0 Å². The molecule has 0 aliphatic carbocycles. The Kier molecular flexibility index (Phi) is 3.67. The molecule has 80 valence electrons. The van der Waals surface area contributed by atoms with Gasteiger partial charge in [0.25, 0.3) is 0 Å². The molecule has 0 bridgehead atoms. The standard InChI is InChI=1S/C11H19NO2/c1-7(2)5-9-6-10(14-12-9)11(13)8(3)4/h7-8,10H,5-6H2,1-4H3. The maximum atomic E-state index is 11.6. The molecule has 0 amide bonds. The zero-order chi connectivity index (χ0) is 10.7. The first-order valence-corrected chi connectivity index (χ1v) is 5.26. The molecule has 0 radical (unpaired) electrons. The fourth-order valence-corrected chi connectivity index (χ4v) is 1.54. The van der Waals surface area contributed by atoms with Gasteiger partial charge in [-0.25, -0.2) is 0 Å². The van der Waals surface area contributed by atoms with E-state index in [1.165, 1.54) is 0 Å². The summed E-state index contributed by atoms with van der Waals surface area (Å²) in [5.74, 6) is 0.770. The van der Waals surface area contributed by atoms with Crippen LogP contribution in [0.1, 0.15) is 40.5 Å². The minimum atomic E-state index is -0.316. The highest BCUT2D eigenvalue weighted by Gasteiger charge is 2.29. The topological polar surface area (TPSA) is 38.7 Å². The molecule has 0 fully saturated rings. The minimum Gasteiger partial charge on any atom is -0.384 e. The summed E-state index contributed by atoms with van der Waals surface area (Å²) >= 11 is 0. The van der Waals surface area contributed by atoms with E-state index >= 15 is 0 Å². The molecule has 3 nitrogen and oxygen atoms in total. The molecule has 1 unspecified atom stereocenters. The van der Waals surface area contributed by atoms with Crippen molar-refractivity contribution in [2.45, 2.75) is 46.6 Å². The first kappa shape index (κ1) is 11.2. The smallest absolute Gasteiger partial charge is 0.190 e. The van der Waals surface area contributed by atoms with Crippen LogP contribution in [-0.4, -0.2) is 17.6 Å². The second kappa shape index (κ2) is 4.58. The molecular formula is C11H19NO2. The third kappa shape index (κ3) is 2.82. The van der Waals surface area contributed by atoms with Crippen molar-refractivity contribution < 1.29 is 9.63 Å². The molecule has 0 aromatic rings. The molecule has 1 heterocycles. The molecule has 0 N–H and O–H groups in total. The van der Waals surface area contributed by atoms with Gasteiger partial charge in [0.15, 0.2) is 11.9 Å². The molecule has 0 aromatic carbocycles. The van der Waals surface area contributed by atoms with Crippen molar-refractivity contribution in [3.05, 3.63) is 0 Å². The van der Waals surface area contributed by atoms with Crippen molar-refractivity contribution in [2.75, 3.05) is 0 Å². The Balaban J connectivity index is 2.42. The lowest BCUT2D eigenvalue weighted by molar-refractivity contribution is -0.132. The summed E-state index contributed by atoms with van der Waals surface area (Å²) < 4.78 is 0. The van der Waals surface area contributed by atoms with E-state index in [1.54, 1.807) is 0 Å². The third-order valence-corrected chi connectivity index (χ3v) is 2.26. The van der Waals surface area contributed by atoms with Crippen LogP contribution >= 0.6 is 0 Å². The van der Waals surface area contributed by atoms with Crippen LogP contribution in [0.5, 0.6) is 0 Å². The average molecular weight is 197 g/mol. The van der Waals surface area contributed by atoms with Crippen molar-refractivity contribution in [1.29, 1.82) is 0 Å². The number of hydrogen-bond acceptors (Lipinski definition) is 3. The number of ketones is 1. The Morgan fingerprint density at radius 3 is 2.64 bits per heavy atom. The van der Waals surface area contributed by atoms with Gasteiger partial charge in [0, 0.05) is 12.3 Å². The molecule has 0 saturated heterocycles. The first-order chi connectivity index (χ1) is 6.50. The number of oxime groups is 1. The number of Topliss-reactive ketones (excluding diaryl/α,β-unsaturated/α-hetero) is 1. The van der Waals surface area contributed by atoms with Crippen LogP contribution in [-0.2, 0) is 9.63 Å². The van der Waals surface area contributed by atoms with E-state index in [0.29, 0.717) is 12.3 Å². The van der Waals surface area contributed by atoms with Crippen molar-refractivity contribution in [3.8, 4) is 0 Å². The molecule has 1 aliphatic heterocycles. The molecule has 0 saturated carbocycles. The third-order valence-electron chi connectivity index (χ3n) is 2.26. The summed E-state index contributed by atoms with van der Waals surface area (Å²) in [6.07, 6.45) is 1.31. The summed E-state index contributed by atoms with van der Waals surface area (Å²) in [6.45, 7) is 8.07. The van der Waals surface area contributed by atoms with Crippen LogP contribution in [0.25, 0.3) is 0 Å². The Labute approximate surface area is 85.5 Å². The molecule has 1 atom stereocenters. The van der Waals surface area contributed by atoms with Crippen LogP contribution in [0.4, 0.5) is 0 Å². The highest BCUT2D eigenvalue weighted by molar-refractivity contribution is 5.94. The molecule has 0 aromatic heterocycles. The second-order valence-corrected chi connectivity index (χ2v) is 4.61. The highest BCUT2D eigenvalue weighted by Crippen LogP contribution is 2.19. The van der Waals surface area contributed by atoms with E-state index in [1.807, 2.05) is 13.8 Å². The number of hydrogen-bond donors (Lipinski definition) is 0. The Morgan fingerprint density at radius 2 is 2.14 bits per heavy atom. The van der Waals surface area contributed by atoms with Crippen molar-refractivity contribution >= 4 is 11.5 Å². The molecular weight excluding hydrogens is 178 g/mol. The molecule has 14 heavy (non-hydrogen) atoms. The molecule has 1 rings (SSSR count). The minimum absolute atomic E-state index is 0.0357. The summed E-state index contributed by atoms with van der Waals surface area (Å²) in [7, 11) is 0. The lowest BCUT2D eigenvalue weighted by Gasteiger charge is -2.09. The van der Waals surface area contributed by atoms with Gasteiger partial charge in [0.1, 0.15) is 0 Å². The van der Waals surface area contributed by atoms with E-state index in [0.717, 1.165) is 12.1 Å². The summed E-state index contributed by atoms with van der Waals surface area (Å²) in [5.41, 5.74) is 1.03. The maximum Gasteiger partial charge on any atom is 0.190 e. The molecule has 0 spiro atoms. The zero-order valence-corrected chi connectivity index (χ0v) is 9.41. The van der Waals surface area contributed by atoms with Gasteiger partial charge in [-0.2, -0.15) is 0 Å². The second-order valence-electron chi connectivity index (χ2n) is 4.61. The summed E-state index contributed by atoms with van der Waals surface area (Å²) in [5, 5.41) is 3.96.